The third-order valence-electron chi connectivity index (χ3n) is 6.69. The summed E-state index contributed by atoms with van der Waals surface area (Å²) in [5, 5.41) is 3.47. The Labute approximate surface area is 121 Å². The van der Waals surface area contributed by atoms with Gasteiger partial charge >= 0.3 is 0 Å². The highest BCUT2D eigenvalue weighted by atomic mass is 15.1. The van der Waals surface area contributed by atoms with E-state index in [4.69, 9.17) is 4.98 Å². The van der Waals surface area contributed by atoms with E-state index in [-0.39, 0.29) is 0 Å². The highest BCUT2D eigenvalue weighted by Crippen LogP contribution is 2.59. The summed E-state index contributed by atoms with van der Waals surface area (Å²) in [6.07, 6.45) is 8.68. The minimum absolute atomic E-state index is 0.776. The second kappa shape index (κ2) is 4.09. The molecule has 0 saturated heterocycles. The number of fused-ring (bicyclic) bond motifs is 1. The van der Waals surface area contributed by atoms with Crippen molar-refractivity contribution < 1.29 is 0 Å². The summed E-state index contributed by atoms with van der Waals surface area (Å²) in [5.41, 5.74) is 2.84. The van der Waals surface area contributed by atoms with Crippen LogP contribution >= 0.6 is 0 Å². The highest BCUT2D eigenvalue weighted by molar-refractivity contribution is 5.24. The lowest BCUT2D eigenvalue weighted by atomic mass is 9.51. The SMILES string of the molecule is Cn1c(C2C3CC4CC(C3)CC2C4)nc2c1CCNC2. The van der Waals surface area contributed by atoms with Crippen LogP contribution in [0.2, 0.25) is 0 Å². The molecule has 3 nitrogen and oxygen atoms in total. The van der Waals surface area contributed by atoms with Crippen molar-refractivity contribution in [2.75, 3.05) is 6.54 Å². The van der Waals surface area contributed by atoms with Crippen molar-refractivity contribution in [1.82, 2.24) is 14.9 Å². The largest absolute Gasteiger partial charge is 0.334 e. The molecule has 108 valence electrons. The van der Waals surface area contributed by atoms with Crippen LogP contribution in [-0.4, -0.2) is 16.1 Å². The van der Waals surface area contributed by atoms with Gasteiger partial charge in [-0.1, -0.05) is 0 Å². The van der Waals surface area contributed by atoms with E-state index >= 15 is 0 Å². The lowest BCUT2D eigenvalue weighted by Crippen LogP contribution is -2.44. The molecule has 20 heavy (non-hydrogen) atoms. The Hall–Kier alpha value is -0.830. The zero-order chi connectivity index (χ0) is 13.3. The summed E-state index contributed by atoms with van der Waals surface area (Å²) >= 11 is 0. The fourth-order valence-electron chi connectivity index (χ4n) is 6.12. The molecule has 0 aromatic carbocycles. The smallest absolute Gasteiger partial charge is 0.112 e. The van der Waals surface area contributed by atoms with Gasteiger partial charge in [-0.05, 0) is 55.8 Å². The minimum atomic E-state index is 0.776. The van der Waals surface area contributed by atoms with E-state index in [1.807, 2.05) is 0 Å². The van der Waals surface area contributed by atoms with Crippen LogP contribution < -0.4 is 5.32 Å². The Morgan fingerprint density at radius 3 is 2.40 bits per heavy atom. The Kier molecular flexibility index (Phi) is 2.41. The van der Waals surface area contributed by atoms with Gasteiger partial charge in [-0.3, -0.25) is 0 Å². The Bertz CT molecular complexity index is 517. The molecule has 0 amide bonds. The first-order chi connectivity index (χ1) is 9.79. The molecular formula is C17H25N3. The molecule has 6 rings (SSSR count). The summed E-state index contributed by atoms with van der Waals surface area (Å²) in [6.45, 7) is 2.10. The summed E-state index contributed by atoms with van der Waals surface area (Å²) in [6, 6.07) is 0. The first-order valence-corrected chi connectivity index (χ1v) is 8.54. The van der Waals surface area contributed by atoms with Crippen LogP contribution in [0.15, 0.2) is 0 Å². The van der Waals surface area contributed by atoms with Crippen LogP contribution in [-0.2, 0) is 20.0 Å². The van der Waals surface area contributed by atoms with Gasteiger partial charge in [0.05, 0.1) is 5.69 Å². The van der Waals surface area contributed by atoms with Crippen molar-refractivity contribution in [1.29, 1.82) is 0 Å². The molecule has 4 aliphatic carbocycles. The van der Waals surface area contributed by atoms with Gasteiger partial charge in [-0.2, -0.15) is 0 Å². The number of hydrogen-bond acceptors (Lipinski definition) is 2. The van der Waals surface area contributed by atoms with E-state index < -0.39 is 0 Å². The minimum Gasteiger partial charge on any atom is -0.334 e. The summed E-state index contributed by atoms with van der Waals surface area (Å²) < 4.78 is 2.48. The third kappa shape index (κ3) is 1.53. The van der Waals surface area contributed by atoms with Gasteiger partial charge in [0.25, 0.3) is 0 Å². The molecule has 1 aliphatic heterocycles. The molecule has 2 heterocycles. The van der Waals surface area contributed by atoms with Crippen molar-refractivity contribution in [3.8, 4) is 0 Å². The summed E-state index contributed by atoms with van der Waals surface area (Å²) in [7, 11) is 2.28. The second-order valence-corrected chi connectivity index (χ2v) is 7.81. The number of aromatic nitrogens is 2. The molecule has 3 heteroatoms. The van der Waals surface area contributed by atoms with E-state index in [1.54, 1.807) is 6.42 Å². The summed E-state index contributed by atoms with van der Waals surface area (Å²) in [5.74, 6) is 6.23. The molecule has 1 N–H and O–H groups in total. The Morgan fingerprint density at radius 2 is 1.75 bits per heavy atom. The monoisotopic (exact) mass is 271 g/mol. The van der Waals surface area contributed by atoms with Crippen LogP contribution in [0.5, 0.6) is 0 Å². The van der Waals surface area contributed by atoms with Gasteiger partial charge in [0.1, 0.15) is 5.82 Å². The molecule has 1 aromatic rings. The normalized spacial score (nSPS) is 42.0. The van der Waals surface area contributed by atoms with Crippen LogP contribution in [0, 0.1) is 23.7 Å². The maximum atomic E-state index is 5.10. The molecule has 0 spiro atoms. The van der Waals surface area contributed by atoms with E-state index in [0.29, 0.717) is 0 Å². The van der Waals surface area contributed by atoms with Crippen LogP contribution in [0.1, 0.15) is 55.2 Å². The summed E-state index contributed by atoms with van der Waals surface area (Å²) in [4.78, 5) is 5.10. The van der Waals surface area contributed by atoms with Gasteiger partial charge < -0.3 is 9.88 Å². The first kappa shape index (κ1) is 11.8. The molecule has 0 unspecified atom stereocenters. The average molecular weight is 271 g/mol. The molecule has 4 bridgehead atoms. The van der Waals surface area contributed by atoms with Crippen LogP contribution in [0.3, 0.4) is 0 Å². The highest BCUT2D eigenvalue weighted by Gasteiger charge is 2.50. The zero-order valence-electron chi connectivity index (χ0n) is 12.4. The molecule has 1 aromatic heterocycles. The lowest BCUT2D eigenvalue weighted by molar-refractivity contribution is -0.00654. The van der Waals surface area contributed by atoms with Gasteiger partial charge in [-0.25, -0.2) is 4.98 Å². The number of hydrogen-bond donors (Lipinski definition) is 1. The van der Waals surface area contributed by atoms with Crippen molar-refractivity contribution >= 4 is 0 Å². The molecule has 0 radical (unpaired) electrons. The number of rotatable bonds is 1. The fraction of sp³-hybridized carbons (Fsp3) is 0.824. The molecule has 5 aliphatic rings. The predicted octanol–water partition coefficient (Wildman–Crippen LogP) is 2.61. The van der Waals surface area contributed by atoms with Crippen LogP contribution in [0.25, 0.3) is 0 Å². The van der Waals surface area contributed by atoms with Crippen molar-refractivity contribution in [3.63, 3.8) is 0 Å². The second-order valence-electron chi connectivity index (χ2n) is 7.81. The van der Waals surface area contributed by atoms with Crippen molar-refractivity contribution in [2.45, 2.75) is 51.0 Å². The number of nitrogens with one attached hydrogen (secondary N) is 1. The molecular weight excluding hydrogens is 246 g/mol. The topological polar surface area (TPSA) is 29.9 Å². The Morgan fingerprint density at radius 1 is 1.05 bits per heavy atom. The van der Waals surface area contributed by atoms with E-state index in [2.05, 4.69) is 16.9 Å². The van der Waals surface area contributed by atoms with Gasteiger partial charge in [0, 0.05) is 38.2 Å². The molecule has 4 fully saturated rings. The third-order valence-corrected chi connectivity index (χ3v) is 6.69. The quantitative estimate of drug-likeness (QED) is 0.851. The van der Waals surface area contributed by atoms with Gasteiger partial charge in [0.2, 0.25) is 0 Å². The maximum absolute atomic E-state index is 5.10. The Balaban J connectivity index is 1.55. The number of imidazole rings is 1. The van der Waals surface area contributed by atoms with E-state index in [1.165, 1.54) is 42.9 Å². The van der Waals surface area contributed by atoms with Crippen molar-refractivity contribution in [2.24, 2.45) is 30.7 Å². The lowest BCUT2D eigenvalue weighted by Gasteiger charge is -2.54. The van der Waals surface area contributed by atoms with Crippen molar-refractivity contribution in [3.05, 3.63) is 17.2 Å². The first-order valence-electron chi connectivity index (χ1n) is 8.54. The van der Waals surface area contributed by atoms with Gasteiger partial charge in [-0.15, -0.1) is 0 Å². The van der Waals surface area contributed by atoms with Gasteiger partial charge in [0.15, 0.2) is 0 Å². The zero-order valence-corrected chi connectivity index (χ0v) is 12.4. The van der Waals surface area contributed by atoms with Crippen LogP contribution in [0.4, 0.5) is 0 Å². The average Bonchev–Trinajstić information content (AvgIpc) is 2.76. The number of nitrogens with zero attached hydrogens (tertiary/aromatic N) is 2. The van der Waals surface area contributed by atoms with E-state index in [0.717, 1.165) is 49.1 Å². The predicted molar refractivity (Wildman–Crippen MR) is 78.4 cm³/mol. The maximum Gasteiger partial charge on any atom is 0.112 e. The van der Waals surface area contributed by atoms with E-state index in [9.17, 15) is 0 Å². The standard InChI is InChI=1S/C17H25N3/c1-20-15-2-3-18-9-14(15)19-17(20)16-12-5-10-4-11(7-12)8-13(16)6-10/h10-13,16,18H,2-9H2,1H3. The fourth-order valence-corrected chi connectivity index (χ4v) is 6.12. The molecule has 0 atom stereocenters. The molecule has 4 saturated carbocycles.